The Morgan fingerprint density at radius 1 is 1.07 bits per heavy atom. The minimum Gasteiger partial charge on any atom is -0.496 e. The van der Waals surface area contributed by atoms with Crippen LogP contribution in [0.4, 0.5) is 4.39 Å². The maximum atomic E-state index is 13.0. The second-order valence-corrected chi connectivity index (χ2v) is 8.93. The van der Waals surface area contributed by atoms with E-state index in [1.165, 1.54) is 41.7 Å². The Hall–Kier alpha value is -2.45. The number of ether oxygens (including phenoxy) is 1. The van der Waals surface area contributed by atoms with Gasteiger partial charge in [-0.25, -0.2) is 12.8 Å². The van der Waals surface area contributed by atoms with E-state index in [4.69, 9.17) is 4.74 Å². The topological polar surface area (TPSA) is 75.7 Å². The molecule has 1 aliphatic heterocycles. The van der Waals surface area contributed by atoms with E-state index >= 15 is 0 Å². The van der Waals surface area contributed by atoms with Gasteiger partial charge in [0.05, 0.1) is 17.6 Å². The molecule has 3 rings (SSSR count). The van der Waals surface area contributed by atoms with Gasteiger partial charge in [0, 0.05) is 19.6 Å². The van der Waals surface area contributed by atoms with Crippen LogP contribution in [0.2, 0.25) is 0 Å². The Labute approximate surface area is 170 Å². The Balaban J connectivity index is 1.82. The number of rotatable bonds is 6. The maximum Gasteiger partial charge on any atom is 0.255 e. The zero-order valence-corrected chi connectivity index (χ0v) is 17.2. The van der Waals surface area contributed by atoms with E-state index in [1.807, 2.05) is 0 Å². The number of halogens is 1. The molecule has 29 heavy (non-hydrogen) atoms. The molecule has 0 atom stereocenters. The molecule has 1 fully saturated rings. The smallest absolute Gasteiger partial charge is 0.255 e. The fourth-order valence-corrected chi connectivity index (χ4v) is 4.88. The van der Waals surface area contributed by atoms with Crippen LogP contribution in [-0.4, -0.2) is 38.8 Å². The van der Waals surface area contributed by atoms with Gasteiger partial charge in [0.25, 0.3) is 5.91 Å². The molecule has 0 aromatic heterocycles. The minimum atomic E-state index is -3.68. The van der Waals surface area contributed by atoms with Crippen molar-refractivity contribution in [2.24, 2.45) is 0 Å². The van der Waals surface area contributed by atoms with Crippen molar-refractivity contribution in [2.75, 3.05) is 20.2 Å². The summed E-state index contributed by atoms with van der Waals surface area (Å²) >= 11 is 0. The Morgan fingerprint density at radius 2 is 1.72 bits per heavy atom. The van der Waals surface area contributed by atoms with Crippen LogP contribution >= 0.6 is 0 Å². The third-order valence-corrected chi connectivity index (χ3v) is 6.88. The molecule has 0 bridgehead atoms. The third kappa shape index (κ3) is 5.13. The third-order valence-electron chi connectivity index (χ3n) is 4.98. The normalized spacial score (nSPS) is 15.5. The van der Waals surface area contributed by atoms with E-state index in [1.54, 1.807) is 12.1 Å². The summed E-state index contributed by atoms with van der Waals surface area (Å²) in [7, 11) is -2.26. The second-order valence-electron chi connectivity index (χ2n) is 6.99. The van der Waals surface area contributed by atoms with Crippen LogP contribution in [-0.2, 0) is 16.6 Å². The van der Waals surface area contributed by atoms with Crippen LogP contribution in [0.5, 0.6) is 5.75 Å². The molecule has 2 aromatic carbocycles. The Kier molecular flexibility index (Phi) is 6.87. The number of methoxy groups -OCH3 is 1. The Morgan fingerprint density at radius 3 is 2.34 bits per heavy atom. The summed E-state index contributed by atoms with van der Waals surface area (Å²) in [5.41, 5.74) is 0.873. The quantitative estimate of drug-likeness (QED) is 0.778. The molecule has 1 aliphatic rings. The SMILES string of the molecule is COc1ccc(S(=O)(=O)N2CCCCCC2)cc1C(=O)NCc1ccc(F)cc1. The highest BCUT2D eigenvalue weighted by atomic mass is 32.2. The van der Waals surface area contributed by atoms with Crippen LogP contribution in [0.15, 0.2) is 47.4 Å². The van der Waals surface area contributed by atoms with Crippen molar-refractivity contribution >= 4 is 15.9 Å². The summed E-state index contributed by atoms with van der Waals surface area (Å²) in [5.74, 6) is -0.524. The number of carbonyl (C=O) groups is 1. The summed E-state index contributed by atoms with van der Waals surface area (Å²) in [6.07, 6.45) is 3.71. The number of amides is 1. The lowest BCUT2D eigenvalue weighted by Gasteiger charge is -2.20. The molecule has 0 aliphatic carbocycles. The zero-order chi connectivity index (χ0) is 20.9. The molecule has 1 N–H and O–H groups in total. The fraction of sp³-hybridized carbons (Fsp3) is 0.381. The van der Waals surface area contributed by atoms with Gasteiger partial charge in [0.1, 0.15) is 11.6 Å². The lowest BCUT2D eigenvalue weighted by molar-refractivity contribution is 0.0947. The van der Waals surface area contributed by atoms with Crippen molar-refractivity contribution in [3.63, 3.8) is 0 Å². The Bertz CT molecular complexity index is 953. The lowest BCUT2D eigenvalue weighted by Crippen LogP contribution is -2.32. The maximum absolute atomic E-state index is 13.0. The number of nitrogens with one attached hydrogen (secondary N) is 1. The van der Waals surface area contributed by atoms with Crippen molar-refractivity contribution in [2.45, 2.75) is 37.1 Å². The van der Waals surface area contributed by atoms with Gasteiger partial charge in [-0.1, -0.05) is 25.0 Å². The van der Waals surface area contributed by atoms with Crippen LogP contribution in [0.25, 0.3) is 0 Å². The predicted octanol–water partition coefficient (Wildman–Crippen LogP) is 3.33. The van der Waals surface area contributed by atoms with Crippen LogP contribution in [0, 0.1) is 5.82 Å². The molecule has 6 nitrogen and oxygen atoms in total. The first-order valence-electron chi connectivity index (χ1n) is 9.62. The number of hydrogen-bond acceptors (Lipinski definition) is 4. The molecule has 0 saturated carbocycles. The highest BCUT2D eigenvalue weighted by molar-refractivity contribution is 7.89. The summed E-state index contributed by atoms with van der Waals surface area (Å²) in [4.78, 5) is 12.8. The number of nitrogens with zero attached hydrogens (tertiary/aromatic N) is 1. The van der Waals surface area contributed by atoms with Gasteiger partial charge < -0.3 is 10.1 Å². The van der Waals surface area contributed by atoms with Crippen molar-refractivity contribution in [1.82, 2.24) is 9.62 Å². The zero-order valence-electron chi connectivity index (χ0n) is 16.4. The lowest BCUT2D eigenvalue weighted by atomic mass is 10.1. The standard InChI is InChI=1S/C21H25FN2O4S/c1-28-20-11-10-18(29(26,27)24-12-4-2-3-5-13-24)14-19(20)21(25)23-15-16-6-8-17(22)9-7-16/h6-11,14H,2-5,12-13,15H2,1H3,(H,23,25). The van der Waals surface area contributed by atoms with Crippen LogP contribution in [0.1, 0.15) is 41.6 Å². The first-order chi connectivity index (χ1) is 13.9. The van der Waals surface area contributed by atoms with E-state index in [9.17, 15) is 17.6 Å². The molecular formula is C21H25FN2O4S. The monoisotopic (exact) mass is 420 g/mol. The summed E-state index contributed by atoms with van der Waals surface area (Å²) in [5, 5.41) is 2.73. The second kappa shape index (κ2) is 9.37. The largest absolute Gasteiger partial charge is 0.496 e. The summed E-state index contributed by atoms with van der Waals surface area (Å²) in [6, 6.07) is 10.1. The predicted molar refractivity (Wildman–Crippen MR) is 108 cm³/mol. The molecule has 1 amide bonds. The van der Waals surface area contributed by atoms with E-state index in [-0.39, 0.29) is 28.6 Å². The van der Waals surface area contributed by atoms with Gasteiger partial charge in [0.15, 0.2) is 0 Å². The highest BCUT2D eigenvalue weighted by Crippen LogP contribution is 2.26. The first-order valence-corrected chi connectivity index (χ1v) is 11.1. The molecule has 0 radical (unpaired) electrons. The molecule has 0 unspecified atom stereocenters. The first kappa shape index (κ1) is 21.3. The van der Waals surface area contributed by atoms with Crippen molar-refractivity contribution in [1.29, 1.82) is 0 Å². The van der Waals surface area contributed by atoms with Crippen molar-refractivity contribution < 1.29 is 22.3 Å². The molecule has 1 saturated heterocycles. The van der Waals surface area contributed by atoms with Gasteiger partial charge in [-0.15, -0.1) is 0 Å². The highest BCUT2D eigenvalue weighted by Gasteiger charge is 2.27. The van der Waals surface area contributed by atoms with E-state index in [2.05, 4.69) is 5.32 Å². The number of hydrogen-bond donors (Lipinski definition) is 1. The molecular weight excluding hydrogens is 395 g/mol. The molecule has 0 spiro atoms. The number of carbonyl (C=O) groups excluding carboxylic acids is 1. The van der Waals surface area contributed by atoms with E-state index < -0.39 is 15.9 Å². The molecule has 1 heterocycles. The van der Waals surface area contributed by atoms with Crippen molar-refractivity contribution in [3.8, 4) is 5.75 Å². The van der Waals surface area contributed by atoms with E-state index in [0.717, 1.165) is 31.2 Å². The van der Waals surface area contributed by atoms with Gasteiger partial charge in [-0.3, -0.25) is 4.79 Å². The number of benzene rings is 2. The molecule has 8 heteroatoms. The molecule has 2 aromatic rings. The number of sulfonamides is 1. The van der Waals surface area contributed by atoms with Gasteiger partial charge >= 0.3 is 0 Å². The fourth-order valence-electron chi connectivity index (χ4n) is 3.34. The van der Waals surface area contributed by atoms with Crippen LogP contribution < -0.4 is 10.1 Å². The molecule has 156 valence electrons. The summed E-state index contributed by atoms with van der Waals surface area (Å²) in [6.45, 7) is 1.16. The van der Waals surface area contributed by atoms with Gasteiger partial charge in [-0.2, -0.15) is 4.31 Å². The minimum absolute atomic E-state index is 0.0760. The average molecular weight is 421 g/mol. The summed E-state index contributed by atoms with van der Waals surface area (Å²) < 4.78 is 45.8. The average Bonchev–Trinajstić information content (AvgIpc) is 3.03. The van der Waals surface area contributed by atoms with Gasteiger partial charge in [0.2, 0.25) is 10.0 Å². The van der Waals surface area contributed by atoms with Gasteiger partial charge in [-0.05, 0) is 48.7 Å². The van der Waals surface area contributed by atoms with Crippen LogP contribution in [0.3, 0.4) is 0 Å². The van der Waals surface area contributed by atoms with E-state index in [0.29, 0.717) is 13.1 Å². The van der Waals surface area contributed by atoms with Crippen molar-refractivity contribution in [3.05, 3.63) is 59.4 Å².